The van der Waals surface area contributed by atoms with Crippen molar-refractivity contribution in [1.29, 1.82) is 0 Å². The van der Waals surface area contributed by atoms with E-state index in [4.69, 9.17) is 16.3 Å². The first-order chi connectivity index (χ1) is 14.1. The minimum absolute atomic E-state index is 0.0781. The fourth-order valence-corrected chi connectivity index (χ4v) is 3.58. The van der Waals surface area contributed by atoms with Crippen LogP contribution in [0.3, 0.4) is 0 Å². The van der Waals surface area contributed by atoms with Crippen molar-refractivity contribution in [1.82, 2.24) is 25.1 Å². The van der Waals surface area contributed by atoms with Crippen LogP contribution in [0, 0.1) is 6.92 Å². The zero-order valence-corrected chi connectivity index (χ0v) is 16.9. The number of carbonyl (C=O) groups is 1. The van der Waals surface area contributed by atoms with E-state index in [-0.39, 0.29) is 11.8 Å². The number of likely N-dealkylation sites (tertiary alicyclic amines) is 1. The lowest BCUT2D eigenvalue weighted by Crippen LogP contribution is -2.29. The number of rotatable bonds is 6. The highest BCUT2D eigenvalue weighted by atomic mass is 35.5. The Balaban J connectivity index is 1.30. The first-order valence-corrected chi connectivity index (χ1v) is 9.97. The van der Waals surface area contributed by atoms with Crippen LogP contribution in [-0.2, 0) is 6.42 Å². The topological polar surface area (TPSA) is 84.0 Å². The zero-order valence-electron chi connectivity index (χ0n) is 16.1. The summed E-state index contributed by atoms with van der Waals surface area (Å²) in [6.45, 7) is 3.71. The second-order valence-electron chi connectivity index (χ2n) is 7.15. The first kappa shape index (κ1) is 19.4. The second-order valence-corrected chi connectivity index (χ2v) is 7.59. The molecule has 4 rings (SSSR count). The molecule has 1 aromatic carbocycles. The van der Waals surface area contributed by atoms with Crippen molar-refractivity contribution in [3.63, 3.8) is 0 Å². The maximum atomic E-state index is 12.6. The van der Waals surface area contributed by atoms with E-state index in [2.05, 4.69) is 26.2 Å². The van der Waals surface area contributed by atoms with Crippen molar-refractivity contribution in [3.05, 3.63) is 70.5 Å². The minimum atomic E-state index is -0.0781. The van der Waals surface area contributed by atoms with E-state index < -0.39 is 0 Å². The monoisotopic (exact) mass is 411 g/mol. The highest BCUT2D eigenvalue weighted by Crippen LogP contribution is 2.27. The number of aromatic nitrogens is 4. The molecule has 0 aliphatic carbocycles. The molecule has 7 nitrogen and oxygen atoms in total. The summed E-state index contributed by atoms with van der Waals surface area (Å²) in [5, 5.41) is 8.18. The van der Waals surface area contributed by atoms with E-state index in [0.29, 0.717) is 36.8 Å². The third-order valence-electron chi connectivity index (χ3n) is 4.98. The van der Waals surface area contributed by atoms with Gasteiger partial charge in [0.2, 0.25) is 0 Å². The number of aromatic amines is 1. The Morgan fingerprint density at radius 3 is 3.00 bits per heavy atom. The fraction of sp³-hybridized carbons (Fsp3) is 0.333. The van der Waals surface area contributed by atoms with Crippen LogP contribution < -0.4 is 4.74 Å². The molecule has 1 aliphatic rings. The molecule has 1 atom stereocenters. The standard InChI is InChI=1S/C21H22ClN5O2/c1-14-11-24-20(12-23-14)21(28)27-7-5-15(13-27)19-10-17(25-26-19)6-8-29-18-4-2-3-16(22)9-18/h2-4,9-12,15H,5-8,13H2,1H3,(H,25,26)/t15-/m0/s1. The number of ether oxygens (including phenoxy) is 1. The molecule has 1 aliphatic heterocycles. The Bertz CT molecular complexity index is 989. The minimum Gasteiger partial charge on any atom is -0.493 e. The molecule has 8 heteroatoms. The quantitative estimate of drug-likeness (QED) is 0.671. The lowest BCUT2D eigenvalue weighted by atomic mass is 10.0. The molecular formula is C21H22ClN5O2. The summed E-state index contributed by atoms with van der Waals surface area (Å²) in [5.41, 5.74) is 3.17. The number of aryl methyl sites for hydroxylation is 1. The predicted octanol–water partition coefficient (Wildman–Crippen LogP) is 3.41. The van der Waals surface area contributed by atoms with E-state index >= 15 is 0 Å². The van der Waals surface area contributed by atoms with Gasteiger partial charge < -0.3 is 9.64 Å². The van der Waals surface area contributed by atoms with Crippen LogP contribution in [0.25, 0.3) is 0 Å². The van der Waals surface area contributed by atoms with Gasteiger partial charge in [-0.25, -0.2) is 4.98 Å². The second kappa shape index (κ2) is 8.61. The number of hydrogen-bond donors (Lipinski definition) is 1. The summed E-state index contributed by atoms with van der Waals surface area (Å²) in [4.78, 5) is 22.8. The summed E-state index contributed by atoms with van der Waals surface area (Å²) < 4.78 is 5.73. The van der Waals surface area contributed by atoms with Crippen LogP contribution in [-0.4, -0.2) is 50.7 Å². The smallest absolute Gasteiger partial charge is 0.274 e. The molecule has 2 aromatic heterocycles. The van der Waals surface area contributed by atoms with Crippen molar-refractivity contribution in [2.24, 2.45) is 0 Å². The van der Waals surface area contributed by atoms with Gasteiger partial charge in [-0.3, -0.25) is 14.9 Å². The maximum Gasteiger partial charge on any atom is 0.274 e. The number of amides is 1. The van der Waals surface area contributed by atoms with Crippen LogP contribution in [0.4, 0.5) is 0 Å². The highest BCUT2D eigenvalue weighted by molar-refractivity contribution is 6.30. The van der Waals surface area contributed by atoms with Crippen molar-refractivity contribution in [2.75, 3.05) is 19.7 Å². The van der Waals surface area contributed by atoms with Gasteiger partial charge in [-0.1, -0.05) is 17.7 Å². The Kier molecular flexibility index (Phi) is 5.76. The van der Waals surface area contributed by atoms with Crippen molar-refractivity contribution < 1.29 is 9.53 Å². The molecule has 3 aromatic rings. The van der Waals surface area contributed by atoms with Crippen LogP contribution >= 0.6 is 11.6 Å². The molecule has 0 unspecified atom stereocenters. The van der Waals surface area contributed by atoms with Crippen LogP contribution in [0.5, 0.6) is 5.75 Å². The number of nitrogens with one attached hydrogen (secondary N) is 1. The van der Waals surface area contributed by atoms with Crippen LogP contribution in [0.1, 0.15) is 39.9 Å². The predicted molar refractivity (Wildman–Crippen MR) is 109 cm³/mol. The third kappa shape index (κ3) is 4.74. The normalized spacial score (nSPS) is 16.2. The molecule has 0 bridgehead atoms. The SMILES string of the molecule is Cc1cnc(C(=O)N2CC[C@H](c3cc(CCOc4cccc(Cl)c4)[nH]n3)C2)cn1. The highest BCUT2D eigenvalue weighted by Gasteiger charge is 2.30. The molecule has 0 radical (unpaired) electrons. The Labute approximate surface area is 174 Å². The summed E-state index contributed by atoms with van der Waals surface area (Å²) >= 11 is 5.97. The van der Waals surface area contributed by atoms with E-state index in [9.17, 15) is 4.79 Å². The van der Waals surface area contributed by atoms with Crippen molar-refractivity contribution in [3.8, 4) is 5.75 Å². The summed E-state index contributed by atoms with van der Waals surface area (Å²) in [6, 6.07) is 9.42. The largest absolute Gasteiger partial charge is 0.493 e. The Morgan fingerprint density at radius 1 is 1.31 bits per heavy atom. The number of halogens is 1. The van der Waals surface area contributed by atoms with Crippen molar-refractivity contribution in [2.45, 2.75) is 25.7 Å². The lowest BCUT2D eigenvalue weighted by molar-refractivity contribution is 0.0784. The Morgan fingerprint density at radius 2 is 2.21 bits per heavy atom. The number of carbonyl (C=O) groups excluding carboxylic acids is 1. The van der Waals surface area contributed by atoms with E-state index in [1.165, 1.54) is 6.20 Å². The van der Waals surface area contributed by atoms with Gasteiger partial charge in [0.05, 0.1) is 24.2 Å². The summed E-state index contributed by atoms with van der Waals surface area (Å²) in [6.07, 6.45) is 4.76. The number of benzene rings is 1. The van der Waals surface area contributed by atoms with E-state index in [1.807, 2.05) is 30.0 Å². The summed E-state index contributed by atoms with van der Waals surface area (Å²) in [7, 11) is 0. The van der Waals surface area contributed by atoms with Gasteiger partial charge in [-0.15, -0.1) is 0 Å². The summed E-state index contributed by atoms with van der Waals surface area (Å²) in [5.74, 6) is 0.892. The molecule has 1 saturated heterocycles. The van der Waals surface area contributed by atoms with Gasteiger partial charge in [0.1, 0.15) is 11.4 Å². The van der Waals surface area contributed by atoms with Gasteiger partial charge in [-0.2, -0.15) is 5.10 Å². The number of hydrogen-bond acceptors (Lipinski definition) is 5. The number of nitrogens with zero attached hydrogens (tertiary/aromatic N) is 4. The van der Waals surface area contributed by atoms with Gasteiger partial charge >= 0.3 is 0 Å². The Hall–Kier alpha value is -2.93. The molecule has 1 amide bonds. The van der Waals surface area contributed by atoms with Gasteiger partial charge in [0, 0.05) is 42.3 Å². The first-order valence-electron chi connectivity index (χ1n) is 9.59. The van der Waals surface area contributed by atoms with Gasteiger partial charge in [-0.05, 0) is 37.6 Å². The molecule has 150 valence electrons. The molecule has 3 heterocycles. The zero-order chi connectivity index (χ0) is 20.2. The average molecular weight is 412 g/mol. The van der Waals surface area contributed by atoms with Crippen molar-refractivity contribution >= 4 is 17.5 Å². The van der Waals surface area contributed by atoms with Crippen LogP contribution in [0.15, 0.2) is 42.7 Å². The van der Waals surface area contributed by atoms with E-state index in [0.717, 1.165) is 29.3 Å². The van der Waals surface area contributed by atoms with Gasteiger partial charge in [0.25, 0.3) is 5.91 Å². The molecule has 0 saturated carbocycles. The molecular weight excluding hydrogens is 390 g/mol. The average Bonchev–Trinajstić information content (AvgIpc) is 3.38. The molecule has 1 fully saturated rings. The lowest BCUT2D eigenvalue weighted by Gasteiger charge is -2.15. The van der Waals surface area contributed by atoms with Crippen LogP contribution in [0.2, 0.25) is 5.02 Å². The van der Waals surface area contributed by atoms with Gasteiger partial charge in [0.15, 0.2) is 0 Å². The molecule has 0 spiro atoms. The third-order valence-corrected chi connectivity index (χ3v) is 5.22. The maximum absolute atomic E-state index is 12.6. The van der Waals surface area contributed by atoms with E-state index in [1.54, 1.807) is 12.3 Å². The fourth-order valence-electron chi connectivity index (χ4n) is 3.40. The number of H-pyrrole nitrogens is 1. The molecule has 1 N–H and O–H groups in total. The molecule has 29 heavy (non-hydrogen) atoms.